The number of ether oxygens (including phenoxy) is 2. The summed E-state index contributed by atoms with van der Waals surface area (Å²) in [5.41, 5.74) is 10.6. The second-order valence-electron chi connectivity index (χ2n) is 4.88. The lowest BCUT2D eigenvalue weighted by atomic mass is 10.4. The Morgan fingerprint density at radius 3 is 1.61 bits per heavy atom. The maximum absolute atomic E-state index is 11.7. The van der Waals surface area contributed by atoms with Gasteiger partial charge in [-0.3, -0.25) is 29.0 Å². The Morgan fingerprint density at radius 2 is 1.30 bits per heavy atom. The van der Waals surface area contributed by atoms with Crippen LogP contribution in [0.15, 0.2) is 0 Å². The Bertz CT molecular complexity index is 452. The van der Waals surface area contributed by atoms with Crippen LogP contribution < -0.4 is 11.5 Å². The number of rotatable bonds is 4. The van der Waals surface area contributed by atoms with Crippen molar-refractivity contribution in [3.63, 3.8) is 0 Å². The van der Waals surface area contributed by atoms with Crippen molar-refractivity contribution in [1.82, 2.24) is 9.80 Å². The van der Waals surface area contributed by atoms with Gasteiger partial charge >= 0.3 is 29.9 Å². The molecule has 0 aliphatic carbocycles. The fourth-order valence-electron chi connectivity index (χ4n) is 1.90. The van der Waals surface area contributed by atoms with Gasteiger partial charge < -0.3 is 19.7 Å². The zero-order valence-corrected chi connectivity index (χ0v) is 12.1. The zero-order valence-electron chi connectivity index (χ0n) is 12.1. The predicted octanol–water partition coefficient (Wildman–Crippen LogP) is -3.61. The van der Waals surface area contributed by atoms with Crippen LogP contribution in [-0.4, -0.2) is 89.2 Å². The maximum Gasteiger partial charge on any atom is 0.380 e. The molecule has 0 saturated carbocycles. The minimum absolute atomic E-state index is 0.00407. The molecule has 0 unspecified atom stereocenters. The molecule has 0 aromatic heterocycles. The number of carbonyl (C=O) groups excluding carboxylic acids is 2. The van der Waals surface area contributed by atoms with Crippen molar-refractivity contribution in [2.75, 3.05) is 39.3 Å². The molecule has 0 spiro atoms. The van der Waals surface area contributed by atoms with E-state index >= 15 is 0 Å². The third-order valence-corrected chi connectivity index (χ3v) is 2.70. The van der Waals surface area contributed by atoms with E-state index in [1.54, 1.807) is 0 Å². The highest BCUT2D eigenvalue weighted by molar-refractivity contribution is 5.76. The number of hydrogen-bond donors (Lipinski definition) is 4. The molecule has 0 amide bonds. The molecule has 0 aromatic rings. The number of aliphatic carboxylic acids is 2. The molecule has 0 aromatic carbocycles. The summed E-state index contributed by atoms with van der Waals surface area (Å²) in [4.78, 5) is 47.3. The third kappa shape index (κ3) is 7.51. The summed E-state index contributed by atoms with van der Waals surface area (Å²) in [6.07, 6.45) is 0. The smallest absolute Gasteiger partial charge is 0.380 e. The fraction of sp³-hybridized carbons (Fsp3) is 0.636. The van der Waals surface area contributed by atoms with Gasteiger partial charge in [-0.25, -0.2) is 11.5 Å². The third-order valence-electron chi connectivity index (χ3n) is 2.70. The molecule has 0 bridgehead atoms. The van der Waals surface area contributed by atoms with Crippen molar-refractivity contribution < 1.29 is 38.9 Å². The van der Waals surface area contributed by atoms with Gasteiger partial charge in [0.15, 0.2) is 0 Å². The first-order valence-electron chi connectivity index (χ1n) is 6.47. The molecule has 1 heterocycles. The molecule has 0 atom stereocenters. The summed E-state index contributed by atoms with van der Waals surface area (Å²) in [7, 11) is 0. The molecule has 1 aliphatic heterocycles. The number of hydrogen-bond acceptors (Lipinski definition) is 10. The summed E-state index contributed by atoms with van der Waals surface area (Å²) in [5, 5.41) is 17.6. The van der Waals surface area contributed by atoms with Gasteiger partial charge in [-0.05, 0) is 0 Å². The molecule has 12 heteroatoms. The Kier molecular flexibility index (Phi) is 6.38. The summed E-state index contributed by atoms with van der Waals surface area (Å²) >= 11 is 0. The van der Waals surface area contributed by atoms with Gasteiger partial charge in [0.25, 0.3) is 0 Å². The van der Waals surface area contributed by atoms with E-state index in [9.17, 15) is 19.2 Å². The number of cyclic esters (lactones) is 2. The first kappa shape index (κ1) is 18.8. The Morgan fingerprint density at radius 1 is 0.957 bits per heavy atom. The average Bonchev–Trinajstić information content (AvgIpc) is 2.32. The van der Waals surface area contributed by atoms with Gasteiger partial charge in [-0.2, -0.15) is 0 Å². The Balaban J connectivity index is 2.92. The van der Waals surface area contributed by atoms with Crippen molar-refractivity contribution >= 4 is 23.9 Å². The fourth-order valence-corrected chi connectivity index (χ4v) is 1.90. The number of carboxylic acid groups (broad SMARTS) is 2. The largest absolute Gasteiger partial charge is 0.480 e. The van der Waals surface area contributed by atoms with Crippen LogP contribution in [0.1, 0.15) is 0 Å². The van der Waals surface area contributed by atoms with Crippen molar-refractivity contribution in [2.45, 2.75) is 6.03 Å². The first-order valence-corrected chi connectivity index (χ1v) is 6.47. The Labute approximate surface area is 130 Å². The predicted molar refractivity (Wildman–Crippen MR) is 71.4 cm³/mol. The molecule has 12 nitrogen and oxygen atoms in total. The Hall–Kier alpha value is -2.28. The highest BCUT2D eigenvalue weighted by atomic mass is 16.8. The van der Waals surface area contributed by atoms with E-state index in [1.807, 2.05) is 0 Å². The van der Waals surface area contributed by atoms with Gasteiger partial charge in [0.05, 0.1) is 26.2 Å². The van der Waals surface area contributed by atoms with E-state index in [4.69, 9.17) is 21.7 Å². The monoisotopic (exact) mass is 334 g/mol. The molecule has 23 heavy (non-hydrogen) atoms. The first-order chi connectivity index (χ1) is 10.6. The highest BCUT2D eigenvalue weighted by Gasteiger charge is 2.32. The topological polar surface area (TPSA) is 186 Å². The van der Waals surface area contributed by atoms with Gasteiger partial charge in [0.1, 0.15) is 0 Å². The van der Waals surface area contributed by atoms with Gasteiger partial charge in [0, 0.05) is 13.1 Å². The van der Waals surface area contributed by atoms with Crippen molar-refractivity contribution in [2.24, 2.45) is 11.5 Å². The number of carbonyl (C=O) groups is 4. The molecule has 1 saturated heterocycles. The van der Waals surface area contributed by atoms with Crippen LogP contribution in [0.2, 0.25) is 0 Å². The van der Waals surface area contributed by atoms with Crippen molar-refractivity contribution in [3.8, 4) is 0 Å². The van der Waals surface area contributed by atoms with Gasteiger partial charge in [-0.1, -0.05) is 0 Å². The summed E-state index contributed by atoms with van der Waals surface area (Å²) in [5.74, 6) is -4.38. The van der Waals surface area contributed by atoms with Crippen LogP contribution in [0, 0.1) is 0 Å². The lowest BCUT2D eigenvalue weighted by molar-refractivity contribution is -0.225. The molecular weight excluding hydrogens is 316 g/mol. The molecule has 1 fully saturated rings. The molecular formula is C11H18N4O8. The summed E-state index contributed by atoms with van der Waals surface area (Å²) < 4.78 is 9.14. The van der Waals surface area contributed by atoms with E-state index in [0.29, 0.717) is 0 Å². The minimum atomic E-state index is -2.53. The van der Waals surface area contributed by atoms with Crippen molar-refractivity contribution in [1.29, 1.82) is 0 Å². The van der Waals surface area contributed by atoms with Crippen LogP contribution in [0.4, 0.5) is 0 Å². The summed E-state index contributed by atoms with van der Waals surface area (Å²) in [6, 6.07) is -2.53. The van der Waals surface area contributed by atoms with E-state index < -0.39 is 56.1 Å². The highest BCUT2D eigenvalue weighted by Crippen LogP contribution is 2.04. The molecule has 1 rings (SSSR count). The van der Waals surface area contributed by atoms with E-state index in [0.717, 1.165) is 0 Å². The van der Waals surface area contributed by atoms with Gasteiger partial charge in [-0.15, -0.1) is 0 Å². The lowest BCUT2D eigenvalue weighted by Gasteiger charge is -2.24. The normalized spacial score (nSPS) is 21.0. The standard InChI is InChI=1S/C11H18N4O8/c12-11(13)22-9(20)5-14(3-7(16)17)1-2-15(4-8(18)19)6-10(21)23-11/h1-6,12-13H2,(H,16,17)(H,18,19). The van der Waals surface area contributed by atoms with E-state index in [-0.39, 0.29) is 13.1 Å². The number of esters is 2. The van der Waals surface area contributed by atoms with Gasteiger partial charge in [0.2, 0.25) is 0 Å². The van der Waals surface area contributed by atoms with Crippen LogP contribution in [0.5, 0.6) is 0 Å². The number of carboxylic acids is 2. The summed E-state index contributed by atoms with van der Waals surface area (Å²) in [6.45, 7) is -1.92. The second-order valence-corrected chi connectivity index (χ2v) is 4.88. The second kappa shape index (κ2) is 7.82. The molecule has 1 aliphatic rings. The number of nitrogens with zero attached hydrogens (tertiary/aromatic N) is 2. The maximum atomic E-state index is 11.7. The molecule has 0 radical (unpaired) electrons. The lowest BCUT2D eigenvalue weighted by Crippen LogP contribution is -2.58. The number of nitrogens with two attached hydrogens (primary N) is 2. The quantitative estimate of drug-likeness (QED) is 0.292. The van der Waals surface area contributed by atoms with E-state index in [1.165, 1.54) is 9.80 Å². The SMILES string of the molecule is NC1(N)OC(=O)CN(CC(=O)O)CCN(CC(=O)O)CC(=O)O1. The van der Waals surface area contributed by atoms with Crippen LogP contribution in [-0.2, 0) is 28.7 Å². The van der Waals surface area contributed by atoms with E-state index in [2.05, 4.69) is 9.47 Å². The minimum Gasteiger partial charge on any atom is -0.480 e. The van der Waals surface area contributed by atoms with Crippen LogP contribution >= 0.6 is 0 Å². The van der Waals surface area contributed by atoms with Crippen molar-refractivity contribution in [3.05, 3.63) is 0 Å². The average molecular weight is 334 g/mol. The molecule has 130 valence electrons. The molecule has 6 N–H and O–H groups in total. The van der Waals surface area contributed by atoms with Crippen LogP contribution in [0.3, 0.4) is 0 Å². The van der Waals surface area contributed by atoms with Crippen LogP contribution in [0.25, 0.3) is 0 Å². The zero-order chi connectivity index (χ0) is 17.6.